The van der Waals surface area contributed by atoms with Gasteiger partial charge in [-0.05, 0) is 5.53 Å². The van der Waals surface area contributed by atoms with Crippen LogP contribution in [-0.4, -0.2) is 46.5 Å². The minimum atomic E-state index is -1.34. The van der Waals surface area contributed by atoms with Crippen LogP contribution >= 0.6 is 0 Å². The second kappa shape index (κ2) is 3.70. The summed E-state index contributed by atoms with van der Waals surface area (Å²) in [5, 5.41) is 30.0. The molecule has 0 aliphatic carbocycles. The molecule has 68 valence electrons. The maximum Gasteiger partial charge on any atom is 0.166 e. The van der Waals surface area contributed by atoms with Gasteiger partial charge in [0.2, 0.25) is 0 Å². The van der Waals surface area contributed by atoms with E-state index >= 15 is 0 Å². The van der Waals surface area contributed by atoms with Crippen LogP contribution in [0.25, 0.3) is 10.4 Å². The van der Waals surface area contributed by atoms with E-state index in [0.29, 0.717) is 0 Å². The molecule has 4 atom stereocenters. The van der Waals surface area contributed by atoms with Crippen molar-refractivity contribution in [1.82, 2.24) is 0 Å². The highest BCUT2D eigenvalue weighted by atomic mass is 16.6. The first-order chi connectivity index (χ1) is 5.70. The second-order valence-electron chi connectivity index (χ2n) is 2.43. The van der Waals surface area contributed by atoms with Crippen LogP contribution < -0.4 is 0 Å². The number of hydrogen-bond acceptors (Lipinski definition) is 5. The molecule has 0 aromatic heterocycles. The molecule has 1 heterocycles. The maximum atomic E-state index is 9.24. The van der Waals surface area contributed by atoms with Gasteiger partial charge in [-0.1, -0.05) is 5.11 Å². The summed E-state index contributed by atoms with van der Waals surface area (Å²) in [5.41, 5.74) is 8.04. The molecule has 0 spiro atoms. The van der Waals surface area contributed by atoms with Crippen LogP contribution in [0.3, 0.4) is 0 Å². The van der Waals surface area contributed by atoms with Crippen molar-refractivity contribution in [2.24, 2.45) is 5.11 Å². The summed E-state index contributed by atoms with van der Waals surface area (Å²) >= 11 is 0. The van der Waals surface area contributed by atoms with E-state index in [9.17, 15) is 5.11 Å². The third kappa shape index (κ3) is 1.50. The van der Waals surface area contributed by atoms with Gasteiger partial charge in [-0.15, -0.1) is 0 Å². The smallest absolute Gasteiger partial charge is 0.166 e. The molecule has 1 saturated heterocycles. The molecule has 1 fully saturated rings. The fourth-order valence-corrected chi connectivity index (χ4v) is 1.06. The van der Waals surface area contributed by atoms with Gasteiger partial charge in [0.1, 0.15) is 12.1 Å². The molecule has 0 saturated carbocycles. The average molecular weight is 175 g/mol. The standard InChI is InChI=1S/C5H9N3O4/c6-8-7-3-4(10)2(1-9)12-5(3)11/h2-5,9-11H,1H2/t2-,3-,4-,5+/m1/s1. The van der Waals surface area contributed by atoms with Crippen LogP contribution in [0.2, 0.25) is 0 Å². The SMILES string of the molecule is [N-]=[N+]=N[C@@H]1[C@H](O)[C@@H](CO)O[C@@H]1O. The zero-order valence-electron chi connectivity index (χ0n) is 6.11. The van der Waals surface area contributed by atoms with E-state index in [1.807, 2.05) is 0 Å². The fourth-order valence-electron chi connectivity index (χ4n) is 1.06. The normalized spacial score (nSPS) is 40.9. The van der Waals surface area contributed by atoms with E-state index in [2.05, 4.69) is 14.8 Å². The predicted molar refractivity (Wildman–Crippen MR) is 36.9 cm³/mol. The lowest BCUT2D eigenvalue weighted by atomic mass is 10.1. The summed E-state index contributed by atoms with van der Waals surface area (Å²) in [4.78, 5) is 2.43. The van der Waals surface area contributed by atoms with Gasteiger partial charge in [-0.3, -0.25) is 0 Å². The fraction of sp³-hybridized carbons (Fsp3) is 1.00. The Labute approximate surface area is 67.8 Å². The number of nitrogens with zero attached hydrogens (tertiary/aromatic N) is 3. The first-order valence-electron chi connectivity index (χ1n) is 3.37. The Hall–Kier alpha value is -0.850. The van der Waals surface area contributed by atoms with Gasteiger partial charge in [0.25, 0.3) is 0 Å². The highest BCUT2D eigenvalue weighted by Crippen LogP contribution is 2.21. The Morgan fingerprint density at radius 1 is 1.50 bits per heavy atom. The molecular formula is C5H9N3O4. The van der Waals surface area contributed by atoms with Crippen molar-refractivity contribution in [3.8, 4) is 0 Å². The summed E-state index contributed by atoms with van der Waals surface area (Å²) in [6.45, 7) is -0.421. The van der Waals surface area contributed by atoms with Crippen LogP contribution in [0, 0.1) is 0 Å². The predicted octanol–water partition coefficient (Wildman–Crippen LogP) is -1.26. The van der Waals surface area contributed by atoms with E-state index in [-0.39, 0.29) is 0 Å². The molecule has 0 unspecified atom stereocenters. The molecule has 1 aliphatic heterocycles. The highest BCUT2D eigenvalue weighted by molar-refractivity contribution is 4.90. The molecule has 7 heteroatoms. The molecule has 0 radical (unpaired) electrons. The molecule has 1 aliphatic rings. The van der Waals surface area contributed by atoms with Gasteiger partial charge in [0.15, 0.2) is 6.29 Å². The molecule has 1 rings (SSSR count). The summed E-state index contributed by atoms with van der Waals surface area (Å²) in [5.74, 6) is 0. The number of hydrogen-bond donors (Lipinski definition) is 3. The van der Waals surface area contributed by atoms with Gasteiger partial charge >= 0.3 is 0 Å². The summed E-state index contributed by atoms with van der Waals surface area (Å²) < 4.78 is 4.68. The van der Waals surface area contributed by atoms with Crippen molar-refractivity contribution >= 4 is 0 Å². The van der Waals surface area contributed by atoms with Crippen molar-refractivity contribution in [2.45, 2.75) is 24.5 Å². The highest BCUT2D eigenvalue weighted by Gasteiger charge is 2.41. The van der Waals surface area contributed by atoms with E-state index in [1.165, 1.54) is 0 Å². The third-order valence-electron chi connectivity index (χ3n) is 1.70. The molecule has 3 N–H and O–H groups in total. The van der Waals surface area contributed by atoms with E-state index in [0.717, 1.165) is 0 Å². The lowest BCUT2D eigenvalue weighted by molar-refractivity contribution is -0.110. The number of azide groups is 1. The maximum absolute atomic E-state index is 9.24. The van der Waals surface area contributed by atoms with Crippen LogP contribution in [0.5, 0.6) is 0 Å². The van der Waals surface area contributed by atoms with Crippen LogP contribution in [0.15, 0.2) is 5.11 Å². The Bertz CT molecular complexity index is 205. The molecule has 7 nitrogen and oxygen atoms in total. The Morgan fingerprint density at radius 3 is 2.58 bits per heavy atom. The first-order valence-corrected chi connectivity index (χ1v) is 3.37. The third-order valence-corrected chi connectivity index (χ3v) is 1.70. The zero-order valence-corrected chi connectivity index (χ0v) is 6.11. The van der Waals surface area contributed by atoms with E-state index in [4.69, 9.17) is 15.7 Å². The van der Waals surface area contributed by atoms with Crippen molar-refractivity contribution in [1.29, 1.82) is 0 Å². The molecule has 0 aromatic carbocycles. The largest absolute Gasteiger partial charge is 0.394 e. The second-order valence-corrected chi connectivity index (χ2v) is 2.43. The Balaban J connectivity index is 2.69. The van der Waals surface area contributed by atoms with Crippen molar-refractivity contribution in [2.75, 3.05) is 6.61 Å². The number of rotatable bonds is 2. The lowest BCUT2D eigenvalue weighted by Crippen LogP contribution is -2.32. The van der Waals surface area contributed by atoms with Gasteiger partial charge in [-0.2, -0.15) is 0 Å². The minimum absolute atomic E-state index is 0.421. The average Bonchev–Trinajstić information content (AvgIpc) is 2.32. The van der Waals surface area contributed by atoms with E-state index < -0.39 is 31.1 Å². The van der Waals surface area contributed by atoms with Crippen molar-refractivity contribution in [3.05, 3.63) is 10.4 Å². The van der Waals surface area contributed by atoms with Crippen LogP contribution in [-0.2, 0) is 4.74 Å². The first kappa shape index (κ1) is 9.24. The molecule has 0 bridgehead atoms. The summed E-state index contributed by atoms with van der Waals surface area (Å²) in [6, 6.07) is -1.04. The Kier molecular flexibility index (Phi) is 2.85. The van der Waals surface area contributed by atoms with E-state index in [1.54, 1.807) is 0 Å². The molecule has 12 heavy (non-hydrogen) atoms. The zero-order chi connectivity index (χ0) is 9.14. The number of ether oxygens (including phenoxy) is 1. The van der Waals surface area contributed by atoms with Crippen molar-refractivity contribution < 1.29 is 20.1 Å². The summed E-state index contributed by atoms with van der Waals surface area (Å²) in [6.07, 6.45) is -3.37. The van der Waals surface area contributed by atoms with Crippen LogP contribution in [0.4, 0.5) is 0 Å². The van der Waals surface area contributed by atoms with Gasteiger partial charge < -0.3 is 20.1 Å². The van der Waals surface area contributed by atoms with Gasteiger partial charge in [0, 0.05) is 4.91 Å². The quantitative estimate of drug-likeness (QED) is 0.275. The molecular weight excluding hydrogens is 166 g/mol. The monoisotopic (exact) mass is 175 g/mol. The Morgan fingerprint density at radius 2 is 2.17 bits per heavy atom. The van der Waals surface area contributed by atoms with Gasteiger partial charge in [0.05, 0.1) is 12.7 Å². The minimum Gasteiger partial charge on any atom is -0.394 e. The number of aliphatic hydroxyl groups is 3. The number of aliphatic hydroxyl groups excluding tert-OH is 3. The molecule has 0 aromatic rings. The topological polar surface area (TPSA) is 119 Å². The van der Waals surface area contributed by atoms with Crippen LogP contribution in [0.1, 0.15) is 0 Å². The lowest BCUT2D eigenvalue weighted by Gasteiger charge is -2.10. The van der Waals surface area contributed by atoms with Gasteiger partial charge in [-0.25, -0.2) is 0 Å². The molecule has 0 amide bonds. The summed E-state index contributed by atoms with van der Waals surface area (Å²) in [7, 11) is 0. The van der Waals surface area contributed by atoms with Crippen molar-refractivity contribution in [3.63, 3.8) is 0 Å².